The van der Waals surface area contributed by atoms with Crippen LogP contribution in [0.15, 0.2) is 53.6 Å². The Kier molecular flexibility index (Phi) is 5.93. The minimum absolute atomic E-state index is 0.173. The molecule has 2 aromatic rings. The van der Waals surface area contributed by atoms with E-state index < -0.39 is 5.97 Å². The zero-order valence-corrected chi connectivity index (χ0v) is 15.8. The maximum atomic E-state index is 12.7. The number of para-hydroxylation sites is 1. The molecule has 1 amide bonds. The van der Waals surface area contributed by atoms with Crippen LogP contribution in [0.2, 0.25) is 0 Å². The van der Waals surface area contributed by atoms with Gasteiger partial charge in [0.1, 0.15) is 11.5 Å². The van der Waals surface area contributed by atoms with E-state index in [2.05, 4.69) is 5.10 Å². The predicted octanol–water partition coefficient (Wildman–Crippen LogP) is 1.91. The Labute approximate surface area is 163 Å². The molecule has 28 heavy (non-hydrogen) atoms. The van der Waals surface area contributed by atoms with Crippen LogP contribution in [0.3, 0.4) is 0 Å². The lowest BCUT2D eigenvalue weighted by atomic mass is 9.97. The van der Waals surface area contributed by atoms with E-state index in [4.69, 9.17) is 9.47 Å². The van der Waals surface area contributed by atoms with Gasteiger partial charge in [-0.2, -0.15) is 5.10 Å². The number of hydrogen-bond acceptors (Lipinski definition) is 6. The Balaban J connectivity index is 1.93. The van der Waals surface area contributed by atoms with Gasteiger partial charge in [-0.15, -0.1) is 0 Å². The standard InChI is InChI=1S/C21H22N2O5/c1-27-15-9-7-14(8-10-15)17-13-18(16-5-3-4-6-19(16)28-2)23(22-17)20(24)11-12-21(25)26/h3-10,18H,11-13H2,1-2H3,(H,25,26)/p-1/t18-/m0/s1. The monoisotopic (exact) mass is 381 g/mol. The average Bonchev–Trinajstić information content (AvgIpc) is 3.17. The van der Waals surface area contributed by atoms with Crippen LogP contribution < -0.4 is 14.6 Å². The molecule has 7 heteroatoms. The molecule has 0 aromatic heterocycles. The number of aliphatic carboxylic acids is 1. The molecule has 3 rings (SSSR count). The molecule has 0 spiro atoms. The number of carbonyl (C=O) groups is 2. The average molecular weight is 381 g/mol. The lowest BCUT2D eigenvalue weighted by Crippen LogP contribution is -2.30. The SMILES string of the molecule is COc1ccc(C2=NN(C(=O)CCC(=O)[O-])[C@H](c3ccccc3OC)C2)cc1. The molecule has 0 saturated carbocycles. The normalized spacial score (nSPS) is 15.9. The van der Waals surface area contributed by atoms with E-state index in [-0.39, 0.29) is 24.8 Å². The molecule has 2 aromatic carbocycles. The summed E-state index contributed by atoms with van der Waals surface area (Å²) in [6.45, 7) is 0. The van der Waals surface area contributed by atoms with Gasteiger partial charge in [-0.05, 0) is 42.3 Å². The van der Waals surface area contributed by atoms with Crippen molar-refractivity contribution in [2.75, 3.05) is 14.2 Å². The van der Waals surface area contributed by atoms with Crippen molar-refractivity contribution >= 4 is 17.6 Å². The highest BCUT2D eigenvalue weighted by Crippen LogP contribution is 2.37. The Morgan fingerprint density at radius 2 is 1.79 bits per heavy atom. The molecule has 1 atom stereocenters. The lowest BCUT2D eigenvalue weighted by molar-refractivity contribution is -0.305. The van der Waals surface area contributed by atoms with Crippen molar-refractivity contribution in [1.29, 1.82) is 0 Å². The number of hydrogen-bond donors (Lipinski definition) is 0. The van der Waals surface area contributed by atoms with Gasteiger partial charge in [0.05, 0.1) is 26.0 Å². The van der Waals surface area contributed by atoms with Gasteiger partial charge in [0, 0.05) is 24.4 Å². The first kappa shape index (κ1) is 19.4. The van der Waals surface area contributed by atoms with E-state index in [0.29, 0.717) is 12.2 Å². The number of carbonyl (C=O) groups excluding carboxylic acids is 2. The van der Waals surface area contributed by atoms with E-state index in [1.54, 1.807) is 14.2 Å². The highest BCUT2D eigenvalue weighted by molar-refractivity contribution is 6.03. The quantitative estimate of drug-likeness (QED) is 0.731. The molecular weight excluding hydrogens is 360 g/mol. The van der Waals surface area contributed by atoms with E-state index in [1.807, 2.05) is 48.5 Å². The third kappa shape index (κ3) is 4.14. The molecule has 0 aliphatic carbocycles. The van der Waals surface area contributed by atoms with Crippen LogP contribution in [0, 0.1) is 0 Å². The zero-order valence-electron chi connectivity index (χ0n) is 15.8. The van der Waals surface area contributed by atoms with Crippen molar-refractivity contribution < 1.29 is 24.2 Å². The van der Waals surface area contributed by atoms with Crippen molar-refractivity contribution in [3.63, 3.8) is 0 Å². The summed E-state index contributed by atoms with van der Waals surface area (Å²) < 4.78 is 10.6. The largest absolute Gasteiger partial charge is 0.550 e. The second-order valence-corrected chi connectivity index (χ2v) is 6.35. The van der Waals surface area contributed by atoms with E-state index >= 15 is 0 Å². The number of methoxy groups -OCH3 is 2. The van der Waals surface area contributed by atoms with Crippen LogP contribution in [0.5, 0.6) is 11.5 Å². The molecule has 1 aliphatic rings. The molecule has 146 valence electrons. The molecule has 0 bridgehead atoms. The number of rotatable bonds is 7. The van der Waals surface area contributed by atoms with Gasteiger partial charge in [0.15, 0.2) is 0 Å². The van der Waals surface area contributed by atoms with Crippen LogP contribution in [0.25, 0.3) is 0 Å². The number of nitrogens with zero attached hydrogens (tertiary/aromatic N) is 2. The van der Waals surface area contributed by atoms with Crippen LogP contribution >= 0.6 is 0 Å². The van der Waals surface area contributed by atoms with Crippen molar-refractivity contribution in [1.82, 2.24) is 5.01 Å². The van der Waals surface area contributed by atoms with Crippen LogP contribution in [0.1, 0.15) is 36.4 Å². The summed E-state index contributed by atoms with van der Waals surface area (Å²) in [5.41, 5.74) is 2.43. The first-order valence-electron chi connectivity index (χ1n) is 8.90. The molecule has 0 radical (unpaired) electrons. The Bertz CT molecular complexity index is 892. The summed E-state index contributed by atoms with van der Waals surface area (Å²) >= 11 is 0. The van der Waals surface area contributed by atoms with Gasteiger partial charge in [-0.3, -0.25) is 4.79 Å². The van der Waals surface area contributed by atoms with Crippen LogP contribution in [-0.2, 0) is 9.59 Å². The van der Waals surface area contributed by atoms with Gasteiger partial charge >= 0.3 is 0 Å². The van der Waals surface area contributed by atoms with Crippen LogP contribution in [0.4, 0.5) is 0 Å². The van der Waals surface area contributed by atoms with Gasteiger partial charge in [0.25, 0.3) is 0 Å². The second-order valence-electron chi connectivity index (χ2n) is 6.35. The summed E-state index contributed by atoms with van der Waals surface area (Å²) in [5, 5.41) is 16.6. The van der Waals surface area contributed by atoms with Gasteiger partial charge in [0.2, 0.25) is 5.91 Å². The molecule has 0 N–H and O–H groups in total. The van der Waals surface area contributed by atoms with Crippen molar-refractivity contribution in [3.8, 4) is 11.5 Å². The van der Waals surface area contributed by atoms with Gasteiger partial charge < -0.3 is 19.4 Å². The number of amides is 1. The number of benzene rings is 2. The summed E-state index contributed by atoms with van der Waals surface area (Å²) in [4.78, 5) is 23.4. The van der Waals surface area contributed by atoms with E-state index in [9.17, 15) is 14.7 Å². The Hall–Kier alpha value is -3.35. The molecular formula is C21H21N2O5-. The number of carboxylic acid groups (broad SMARTS) is 1. The summed E-state index contributed by atoms with van der Waals surface area (Å²) in [6.07, 6.45) is -0.0293. The van der Waals surface area contributed by atoms with Crippen LogP contribution in [-0.4, -0.2) is 36.8 Å². The van der Waals surface area contributed by atoms with E-state index in [1.165, 1.54) is 5.01 Å². The minimum atomic E-state index is -1.26. The molecule has 1 heterocycles. The molecule has 0 unspecified atom stereocenters. The molecule has 1 aliphatic heterocycles. The van der Waals surface area contributed by atoms with Gasteiger partial charge in [-0.1, -0.05) is 18.2 Å². The fourth-order valence-electron chi connectivity index (χ4n) is 3.21. The zero-order chi connectivity index (χ0) is 20.1. The van der Waals surface area contributed by atoms with Crippen molar-refractivity contribution in [2.45, 2.75) is 25.3 Å². The Morgan fingerprint density at radius 1 is 1.07 bits per heavy atom. The third-order valence-corrected chi connectivity index (χ3v) is 4.63. The number of ether oxygens (including phenoxy) is 2. The number of carboxylic acids is 1. The lowest BCUT2D eigenvalue weighted by Gasteiger charge is -2.23. The summed E-state index contributed by atoms with van der Waals surface area (Å²) in [5.74, 6) is -0.258. The first-order valence-corrected chi connectivity index (χ1v) is 8.90. The van der Waals surface area contributed by atoms with E-state index in [0.717, 1.165) is 22.6 Å². The van der Waals surface area contributed by atoms with Crippen molar-refractivity contribution in [2.24, 2.45) is 5.10 Å². The highest BCUT2D eigenvalue weighted by Gasteiger charge is 2.34. The fraction of sp³-hybridized carbons (Fsp3) is 0.286. The first-order chi connectivity index (χ1) is 13.5. The maximum Gasteiger partial charge on any atom is 0.243 e. The molecule has 0 saturated heterocycles. The Morgan fingerprint density at radius 3 is 2.43 bits per heavy atom. The predicted molar refractivity (Wildman–Crippen MR) is 101 cm³/mol. The summed E-state index contributed by atoms with van der Waals surface area (Å²) in [7, 11) is 3.17. The fourth-order valence-corrected chi connectivity index (χ4v) is 3.21. The maximum absolute atomic E-state index is 12.7. The second kappa shape index (κ2) is 8.56. The summed E-state index contributed by atoms with van der Waals surface area (Å²) in [6, 6.07) is 14.5. The highest BCUT2D eigenvalue weighted by atomic mass is 16.5. The number of hydrazone groups is 1. The third-order valence-electron chi connectivity index (χ3n) is 4.63. The molecule has 0 fully saturated rings. The minimum Gasteiger partial charge on any atom is -0.550 e. The topological polar surface area (TPSA) is 91.3 Å². The smallest absolute Gasteiger partial charge is 0.243 e. The molecule has 7 nitrogen and oxygen atoms in total. The van der Waals surface area contributed by atoms with Crippen molar-refractivity contribution in [3.05, 3.63) is 59.7 Å². The van der Waals surface area contributed by atoms with Gasteiger partial charge in [-0.25, -0.2) is 5.01 Å².